The molecule has 0 aliphatic rings. The second-order valence-electron chi connectivity index (χ2n) is 5.32. The van der Waals surface area contributed by atoms with Gasteiger partial charge in [-0.25, -0.2) is 4.79 Å². The third kappa shape index (κ3) is 5.03. The lowest BCUT2D eigenvalue weighted by Crippen LogP contribution is -2.32. The smallest absolute Gasteiger partial charge is 0.408 e. The molecule has 1 N–H and O–H groups in total. The number of nitrogens with zero attached hydrogens (tertiary/aromatic N) is 1. The zero-order valence-electron chi connectivity index (χ0n) is 11.9. The molecule has 0 saturated carbocycles. The highest BCUT2D eigenvalue weighted by atomic mass is 16.6. The number of carbonyl (C=O) groups is 2. The molecule has 0 fully saturated rings. The zero-order chi connectivity index (χ0) is 14.6. The quantitative estimate of drug-likeness (QED) is 0.910. The van der Waals surface area contributed by atoms with Crippen molar-refractivity contribution in [2.45, 2.75) is 32.9 Å². The molecule has 19 heavy (non-hydrogen) atoms. The highest BCUT2D eigenvalue weighted by molar-refractivity contribution is 5.91. The van der Waals surface area contributed by atoms with Crippen molar-refractivity contribution in [3.63, 3.8) is 0 Å². The Morgan fingerprint density at radius 2 is 1.95 bits per heavy atom. The summed E-state index contributed by atoms with van der Waals surface area (Å²) in [6, 6.07) is 3.22. The zero-order valence-corrected chi connectivity index (χ0v) is 11.9. The van der Waals surface area contributed by atoms with E-state index in [0.717, 1.165) is 0 Å². The summed E-state index contributed by atoms with van der Waals surface area (Å²) in [5.41, 5.74) is -0.542. The lowest BCUT2D eigenvalue weighted by Gasteiger charge is -2.19. The van der Waals surface area contributed by atoms with Gasteiger partial charge in [-0.05, 0) is 32.9 Å². The Morgan fingerprint density at radius 1 is 1.32 bits per heavy atom. The van der Waals surface area contributed by atoms with Crippen molar-refractivity contribution in [3.05, 3.63) is 23.7 Å². The Balaban J connectivity index is 2.51. The van der Waals surface area contributed by atoms with E-state index in [0.29, 0.717) is 5.76 Å². The Labute approximate surface area is 112 Å². The molecular formula is C13H20N2O4. The Hall–Kier alpha value is -1.98. The van der Waals surface area contributed by atoms with Crippen molar-refractivity contribution in [1.82, 2.24) is 10.2 Å². The number of hydrogen-bond donors (Lipinski definition) is 1. The first-order valence-corrected chi connectivity index (χ1v) is 5.96. The van der Waals surface area contributed by atoms with Gasteiger partial charge in [-0.3, -0.25) is 4.79 Å². The Morgan fingerprint density at radius 3 is 2.47 bits per heavy atom. The van der Waals surface area contributed by atoms with Crippen molar-refractivity contribution in [2.24, 2.45) is 0 Å². The summed E-state index contributed by atoms with van der Waals surface area (Å²) in [7, 11) is 3.28. The average molecular weight is 268 g/mol. The largest absolute Gasteiger partial charge is 0.454 e. The summed E-state index contributed by atoms with van der Waals surface area (Å²) < 4.78 is 10.4. The van der Waals surface area contributed by atoms with E-state index >= 15 is 0 Å². The minimum absolute atomic E-state index is 0.176. The molecule has 0 unspecified atom stereocenters. The Kier molecular flexibility index (Phi) is 4.58. The fourth-order valence-corrected chi connectivity index (χ4v) is 1.28. The monoisotopic (exact) mass is 268 g/mol. The maximum Gasteiger partial charge on any atom is 0.408 e. The van der Waals surface area contributed by atoms with E-state index in [4.69, 9.17) is 9.15 Å². The van der Waals surface area contributed by atoms with Crippen LogP contribution in [-0.2, 0) is 11.3 Å². The molecule has 1 aromatic rings. The van der Waals surface area contributed by atoms with Crippen molar-refractivity contribution < 1.29 is 18.7 Å². The van der Waals surface area contributed by atoms with E-state index in [1.807, 2.05) is 0 Å². The number of carbonyl (C=O) groups excluding carboxylic acids is 2. The lowest BCUT2D eigenvalue weighted by molar-refractivity contribution is 0.0520. The predicted molar refractivity (Wildman–Crippen MR) is 69.8 cm³/mol. The molecule has 0 aliphatic carbocycles. The second kappa shape index (κ2) is 5.77. The fourth-order valence-electron chi connectivity index (χ4n) is 1.28. The van der Waals surface area contributed by atoms with Gasteiger partial charge in [0.05, 0.1) is 6.54 Å². The van der Waals surface area contributed by atoms with E-state index in [2.05, 4.69) is 5.32 Å². The Bertz CT molecular complexity index is 457. The number of alkyl carbamates (subject to hydrolysis) is 1. The lowest BCUT2D eigenvalue weighted by atomic mass is 10.2. The molecule has 2 amide bonds. The first kappa shape index (κ1) is 15.1. The van der Waals surface area contributed by atoms with Crippen LogP contribution in [0.3, 0.4) is 0 Å². The number of hydrogen-bond acceptors (Lipinski definition) is 4. The van der Waals surface area contributed by atoms with Crippen LogP contribution in [0.5, 0.6) is 0 Å². The molecule has 0 atom stereocenters. The third-order valence-electron chi connectivity index (χ3n) is 2.08. The molecular weight excluding hydrogens is 248 g/mol. The summed E-state index contributed by atoms with van der Waals surface area (Å²) in [5, 5.41) is 2.56. The number of rotatable bonds is 3. The standard InChI is InChI=1S/C13H20N2O4/c1-13(2,3)19-12(17)14-8-9-6-7-10(18-9)11(16)15(4)5/h6-7H,8H2,1-5H3,(H,14,17). The van der Waals surface area contributed by atoms with Crippen LogP contribution in [0.1, 0.15) is 37.1 Å². The summed E-state index contributed by atoms with van der Waals surface area (Å²) in [6.07, 6.45) is -0.524. The van der Waals surface area contributed by atoms with Gasteiger partial charge in [0.15, 0.2) is 5.76 Å². The van der Waals surface area contributed by atoms with Crippen LogP contribution in [0, 0.1) is 0 Å². The second-order valence-corrected chi connectivity index (χ2v) is 5.32. The van der Waals surface area contributed by atoms with Gasteiger partial charge in [0.1, 0.15) is 11.4 Å². The molecule has 0 aliphatic heterocycles. The fraction of sp³-hybridized carbons (Fsp3) is 0.538. The first-order valence-electron chi connectivity index (χ1n) is 5.96. The van der Waals surface area contributed by atoms with Crippen LogP contribution in [0.2, 0.25) is 0 Å². The molecule has 0 radical (unpaired) electrons. The van der Waals surface area contributed by atoms with Crippen molar-refractivity contribution >= 4 is 12.0 Å². The maximum atomic E-state index is 11.6. The molecule has 1 heterocycles. The van der Waals surface area contributed by atoms with Gasteiger partial charge >= 0.3 is 6.09 Å². The van der Waals surface area contributed by atoms with Crippen LogP contribution >= 0.6 is 0 Å². The average Bonchev–Trinajstić information content (AvgIpc) is 2.71. The topological polar surface area (TPSA) is 71.8 Å². The summed E-state index contributed by atoms with van der Waals surface area (Å²) >= 11 is 0. The molecule has 0 spiro atoms. The van der Waals surface area contributed by atoms with Crippen molar-refractivity contribution in [1.29, 1.82) is 0 Å². The van der Waals surface area contributed by atoms with E-state index < -0.39 is 11.7 Å². The molecule has 1 aromatic heterocycles. The number of ether oxygens (including phenoxy) is 1. The van der Waals surface area contributed by atoms with Crippen LogP contribution in [-0.4, -0.2) is 36.6 Å². The van der Waals surface area contributed by atoms with Crippen molar-refractivity contribution in [3.8, 4) is 0 Å². The highest BCUT2D eigenvalue weighted by Crippen LogP contribution is 2.10. The first-order chi connectivity index (χ1) is 8.69. The summed E-state index contributed by atoms with van der Waals surface area (Å²) in [5.74, 6) is 0.519. The van der Waals surface area contributed by atoms with Gasteiger partial charge in [0, 0.05) is 14.1 Å². The predicted octanol–water partition coefficient (Wildman–Crippen LogP) is 2.01. The molecule has 6 nitrogen and oxygen atoms in total. The van der Waals surface area contributed by atoms with Gasteiger partial charge in [-0.2, -0.15) is 0 Å². The number of furan rings is 1. The van der Waals surface area contributed by atoms with E-state index in [1.165, 1.54) is 4.90 Å². The van der Waals surface area contributed by atoms with Gasteiger partial charge in [-0.15, -0.1) is 0 Å². The molecule has 0 bridgehead atoms. The molecule has 0 saturated heterocycles. The van der Waals surface area contributed by atoms with E-state index in [-0.39, 0.29) is 18.2 Å². The minimum Gasteiger partial charge on any atom is -0.454 e. The third-order valence-corrected chi connectivity index (χ3v) is 2.08. The number of nitrogens with one attached hydrogen (secondary N) is 1. The summed E-state index contributed by atoms with van der Waals surface area (Å²) in [6.45, 7) is 5.53. The van der Waals surface area contributed by atoms with E-state index in [9.17, 15) is 9.59 Å². The normalized spacial score (nSPS) is 11.0. The van der Waals surface area contributed by atoms with E-state index in [1.54, 1.807) is 47.0 Å². The molecule has 0 aromatic carbocycles. The molecule has 6 heteroatoms. The van der Waals surface area contributed by atoms with Gasteiger partial charge in [-0.1, -0.05) is 0 Å². The highest BCUT2D eigenvalue weighted by Gasteiger charge is 2.17. The van der Waals surface area contributed by atoms with Crippen molar-refractivity contribution in [2.75, 3.05) is 14.1 Å². The molecule has 1 rings (SSSR count). The summed E-state index contributed by atoms with van der Waals surface area (Å²) in [4.78, 5) is 24.5. The van der Waals surface area contributed by atoms with Gasteiger partial charge < -0.3 is 19.4 Å². The number of amides is 2. The van der Waals surface area contributed by atoms with Crippen LogP contribution < -0.4 is 5.32 Å². The van der Waals surface area contributed by atoms with Gasteiger partial charge in [0.2, 0.25) is 0 Å². The minimum atomic E-state index is -0.542. The van der Waals surface area contributed by atoms with Crippen LogP contribution in [0.15, 0.2) is 16.5 Å². The SMILES string of the molecule is CN(C)C(=O)c1ccc(CNC(=O)OC(C)(C)C)o1. The van der Waals surface area contributed by atoms with Crippen LogP contribution in [0.25, 0.3) is 0 Å². The molecule has 106 valence electrons. The van der Waals surface area contributed by atoms with Crippen LogP contribution in [0.4, 0.5) is 4.79 Å². The van der Waals surface area contributed by atoms with Gasteiger partial charge in [0.25, 0.3) is 5.91 Å². The maximum absolute atomic E-state index is 11.6.